The molecule has 17 heavy (non-hydrogen) atoms. The monoisotopic (exact) mass is 273 g/mol. The normalized spacial score (nSPS) is 19.7. The second-order valence-corrected chi connectivity index (χ2v) is 8.25. The molecular weight excluding hydrogens is 248 g/mol. The number of allylic oxidation sites excluding steroid dienone is 2. The van der Waals surface area contributed by atoms with Crippen molar-refractivity contribution in [3.8, 4) is 0 Å². The number of rotatable bonds is 1. The van der Waals surface area contributed by atoms with E-state index < -0.39 is 0 Å². The van der Waals surface area contributed by atoms with E-state index in [4.69, 9.17) is 0 Å². The zero-order valence-corrected chi connectivity index (χ0v) is 14.0. The van der Waals surface area contributed by atoms with Crippen molar-refractivity contribution < 1.29 is 4.79 Å². The highest BCUT2D eigenvalue weighted by molar-refractivity contribution is 8.01. The summed E-state index contributed by atoms with van der Waals surface area (Å²) in [7, 11) is 3.46. The van der Waals surface area contributed by atoms with E-state index in [1.54, 1.807) is 0 Å². The van der Waals surface area contributed by atoms with Crippen LogP contribution in [0.15, 0.2) is 11.3 Å². The van der Waals surface area contributed by atoms with Crippen LogP contribution in [0.3, 0.4) is 0 Å². The minimum atomic E-state index is -0.0668. The van der Waals surface area contributed by atoms with Gasteiger partial charge in [0.25, 0.3) is 0 Å². The van der Waals surface area contributed by atoms with Crippen molar-refractivity contribution >= 4 is 23.1 Å². The first kappa shape index (κ1) is 15.1. The number of hydrogen-bond donors (Lipinski definition) is 0. The van der Waals surface area contributed by atoms with Gasteiger partial charge in [0.2, 0.25) is 0 Å². The molecule has 1 aliphatic rings. The predicted molar refractivity (Wildman–Crippen MR) is 80.3 cm³/mol. The topological polar surface area (TPSA) is 20.3 Å². The van der Waals surface area contributed by atoms with E-state index >= 15 is 0 Å². The molecule has 0 aliphatic carbocycles. The first-order valence-corrected chi connectivity index (χ1v) is 8.87. The van der Waals surface area contributed by atoms with Gasteiger partial charge in [-0.05, 0) is 13.8 Å². The molecular formula is C13H25NOP2. The van der Waals surface area contributed by atoms with Crippen LogP contribution in [0.1, 0.15) is 48.0 Å². The molecule has 2 nitrogen and oxygen atoms in total. The Labute approximate surface area is 110 Å². The minimum Gasteiger partial charge on any atom is -0.352 e. The second kappa shape index (κ2) is 4.98. The first-order chi connectivity index (χ1) is 7.59. The van der Waals surface area contributed by atoms with Crippen LogP contribution in [0, 0.1) is 10.8 Å². The maximum absolute atomic E-state index is 12.3. The Hall–Kier alpha value is 0.0700. The van der Waals surface area contributed by atoms with Crippen molar-refractivity contribution in [2.75, 3.05) is 6.54 Å². The molecule has 0 amide bonds. The van der Waals surface area contributed by atoms with E-state index in [9.17, 15) is 4.79 Å². The summed E-state index contributed by atoms with van der Waals surface area (Å²) in [5.41, 5.74) is 2.24. The maximum Gasteiger partial charge on any atom is 0.162 e. The Morgan fingerprint density at radius 2 is 1.65 bits per heavy atom. The molecule has 98 valence electrons. The lowest BCUT2D eigenvalue weighted by Gasteiger charge is -2.42. The van der Waals surface area contributed by atoms with E-state index in [0.29, 0.717) is 20.6 Å². The lowest BCUT2D eigenvalue weighted by molar-refractivity contribution is -0.117. The van der Waals surface area contributed by atoms with Crippen LogP contribution in [0.25, 0.3) is 0 Å². The highest BCUT2D eigenvalue weighted by Crippen LogP contribution is 2.47. The fraction of sp³-hybridized carbons (Fsp3) is 0.769. The molecule has 0 saturated heterocycles. The molecule has 0 aromatic heterocycles. The Bertz CT molecular complexity index is 347. The molecule has 0 fully saturated rings. The summed E-state index contributed by atoms with van der Waals surface area (Å²) in [5.74, 6) is 0.335. The van der Waals surface area contributed by atoms with Crippen molar-refractivity contribution in [3.05, 3.63) is 11.3 Å². The molecule has 0 spiro atoms. The van der Waals surface area contributed by atoms with Crippen molar-refractivity contribution in [2.45, 2.75) is 48.0 Å². The third-order valence-electron chi connectivity index (χ3n) is 2.96. The quantitative estimate of drug-likeness (QED) is 0.673. The molecule has 0 N–H and O–H groups in total. The molecule has 1 aliphatic heterocycles. The van der Waals surface area contributed by atoms with Crippen molar-refractivity contribution in [2.24, 2.45) is 10.8 Å². The van der Waals surface area contributed by atoms with Crippen LogP contribution in [-0.4, -0.2) is 17.0 Å². The Morgan fingerprint density at radius 3 is 2.00 bits per heavy atom. The third-order valence-corrected chi connectivity index (χ3v) is 4.66. The number of Topliss-reactive ketones (excluding diaryl/α,β-unsaturated/α-hetero) is 1. The van der Waals surface area contributed by atoms with Gasteiger partial charge in [0.05, 0.1) is 0 Å². The fourth-order valence-electron chi connectivity index (χ4n) is 2.40. The maximum atomic E-state index is 12.3. The van der Waals surface area contributed by atoms with E-state index in [0.717, 1.165) is 12.1 Å². The summed E-state index contributed by atoms with van der Waals surface area (Å²) < 4.78 is 2.37. The number of nitrogens with zero attached hydrogens (tertiary/aromatic N) is 1. The Morgan fingerprint density at radius 1 is 1.12 bits per heavy atom. The Balaban J connectivity index is 3.44. The van der Waals surface area contributed by atoms with E-state index in [2.05, 4.69) is 55.1 Å². The fourth-order valence-corrected chi connectivity index (χ4v) is 3.99. The van der Waals surface area contributed by atoms with Gasteiger partial charge in [0.1, 0.15) is 0 Å². The highest BCUT2D eigenvalue weighted by Gasteiger charge is 2.37. The zero-order valence-electron chi connectivity index (χ0n) is 11.8. The third kappa shape index (κ3) is 3.30. The van der Waals surface area contributed by atoms with Crippen LogP contribution in [0.2, 0.25) is 0 Å². The van der Waals surface area contributed by atoms with Gasteiger partial charge in [-0.1, -0.05) is 50.5 Å². The number of carbonyl (C=O) groups is 1. The molecule has 0 aromatic carbocycles. The summed E-state index contributed by atoms with van der Waals surface area (Å²) in [4.78, 5) is 12.3. The average Bonchev–Trinajstić information content (AvgIpc) is 2.13. The summed E-state index contributed by atoms with van der Waals surface area (Å²) >= 11 is 0. The lowest BCUT2D eigenvalue weighted by atomic mass is 9.74. The molecule has 0 radical (unpaired) electrons. The van der Waals surface area contributed by atoms with Crippen LogP contribution in [0.4, 0.5) is 0 Å². The average molecular weight is 273 g/mol. The first-order valence-electron chi connectivity index (χ1n) is 6.11. The highest BCUT2D eigenvalue weighted by atomic mass is 32.0. The predicted octanol–water partition coefficient (Wildman–Crippen LogP) is 3.99. The summed E-state index contributed by atoms with van der Waals surface area (Å²) in [5, 5.41) is 0. The molecule has 1 rings (SSSR count). The number of ketones is 1. The molecule has 1 heterocycles. The SMILES string of the molecule is CC(C)(C)C1=C(C(C)(C)C)N(PP)CCC1=O. The van der Waals surface area contributed by atoms with Crippen LogP contribution >= 0.6 is 17.3 Å². The van der Waals surface area contributed by atoms with Crippen LogP contribution in [0.5, 0.6) is 0 Å². The Kier molecular flexibility index (Phi) is 4.43. The molecule has 2 unspecified atom stereocenters. The molecule has 0 saturated carbocycles. The molecule has 2 atom stereocenters. The summed E-state index contributed by atoms with van der Waals surface area (Å²) in [6.45, 7) is 13.9. The zero-order chi connectivity index (χ0) is 13.4. The van der Waals surface area contributed by atoms with Gasteiger partial charge in [0.15, 0.2) is 5.78 Å². The van der Waals surface area contributed by atoms with E-state index in [-0.39, 0.29) is 10.8 Å². The second-order valence-electron chi connectivity index (χ2n) is 6.68. The van der Waals surface area contributed by atoms with E-state index in [1.807, 2.05) is 0 Å². The van der Waals surface area contributed by atoms with Crippen molar-refractivity contribution in [3.63, 3.8) is 0 Å². The smallest absolute Gasteiger partial charge is 0.162 e. The minimum absolute atomic E-state index is 0.0300. The van der Waals surface area contributed by atoms with Gasteiger partial charge < -0.3 is 4.67 Å². The van der Waals surface area contributed by atoms with Gasteiger partial charge in [-0.3, -0.25) is 4.79 Å². The number of carbonyl (C=O) groups excluding carboxylic acids is 1. The molecule has 4 heteroatoms. The van der Waals surface area contributed by atoms with Crippen molar-refractivity contribution in [1.82, 2.24) is 4.67 Å². The summed E-state index contributed by atoms with van der Waals surface area (Å²) in [6, 6.07) is 0. The largest absolute Gasteiger partial charge is 0.352 e. The number of hydrogen-bond acceptors (Lipinski definition) is 2. The van der Waals surface area contributed by atoms with Gasteiger partial charge in [-0.25, -0.2) is 0 Å². The van der Waals surface area contributed by atoms with Gasteiger partial charge in [-0.2, -0.15) is 0 Å². The van der Waals surface area contributed by atoms with Gasteiger partial charge >= 0.3 is 0 Å². The standard InChI is InChI=1S/C13H25NOP2/c1-12(2,3)10-9(15)7-8-14(17-16)11(10)13(4,5)6/h17H,7-8,16H2,1-6H3. The molecule has 0 bridgehead atoms. The van der Waals surface area contributed by atoms with E-state index in [1.165, 1.54) is 5.70 Å². The van der Waals surface area contributed by atoms with Gasteiger partial charge in [-0.15, -0.1) is 0 Å². The van der Waals surface area contributed by atoms with Crippen LogP contribution < -0.4 is 0 Å². The van der Waals surface area contributed by atoms with Crippen molar-refractivity contribution in [1.29, 1.82) is 0 Å². The molecule has 0 aromatic rings. The van der Waals surface area contributed by atoms with Crippen LogP contribution in [-0.2, 0) is 4.79 Å². The summed E-state index contributed by atoms with van der Waals surface area (Å²) in [6.07, 6.45) is 0.660. The van der Waals surface area contributed by atoms with Gasteiger partial charge in [0, 0.05) is 29.7 Å². The lowest BCUT2D eigenvalue weighted by Crippen LogP contribution is -2.37.